The van der Waals surface area contributed by atoms with Crippen molar-refractivity contribution in [2.45, 2.75) is 32.4 Å². The van der Waals surface area contributed by atoms with Gasteiger partial charge in [-0.25, -0.2) is 9.98 Å². The molecule has 2 aliphatic heterocycles. The van der Waals surface area contributed by atoms with Crippen LogP contribution >= 0.6 is 0 Å². The Hall–Kier alpha value is -1.56. The summed E-state index contributed by atoms with van der Waals surface area (Å²) in [6.07, 6.45) is 4.32. The summed E-state index contributed by atoms with van der Waals surface area (Å²) in [4.78, 5) is 16.9. The summed E-state index contributed by atoms with van der Waals surface area (Å²) in [5.41, 5.74) is 0. The first-order valence-electron chi connectivity index (χ1n) is 5.81. The Bertz CT molecular complexity index is 383. The van der Waals surface area contributed by atoms with Crippen molar-refractivity contribution in [3.05, 3.63) is 0 Å². The summed E-state index contributed by atoms with van der Waals surface area (Å²) in [6.45, 7) is 5.49. The number of amidine groups is 2. The smallest absolute Gasteiger partial charge is 0.168 e. The Labute approximate surface area is 101 Å². The van der Waals surface area contributed by atoms with Crippen LogP contribution in [-0.2, 0) is 4.74 Å². The average Bonchev–Trinajstić information content (AvgIpc) is 2.77. The number of aliphatic imine (C=N–C) groups is 4. The SMILES string of the molecule is CC(C)OCCCN=C1N=CNC2=NC=NC12. The van der Waals surface area contributed by atoms with Crippen LogP contribution in [0.1, 0.15) is 20.3 Å². The first-order chi connectivity index (χ1) is 8.27. The summed E-state index contributed by atoms with van der Waals surface area (Å²) in [5.74, 6) is 1.53. The van der Waals surface area contributed by atoms with Gasteiger partial charge >= 0.3 is 0 Å². The zero-order valence-corrected chi connectivity index (χ0v) is 10.1. The molecule has 0 spiro atoms. The van der Waals surface area contributed by atoms with Gasteiger partial charge in [-0.05, 0) is 20.3 Å². The standard InChI is InChI=1S/C11H17N5O/c1-8(2)17-5-3-4-12-10-9-11(14-6-13-9)16-7-15-10/h6-9H,3-5H2,1-2H3,(H,12,13,14,15,16). The largest absolute Gasteiger partial charge is 0.379 e. The van der Waals surface area contributed by atoms with Gasteiger partial charge in [-0.15, -0.1) is 0 Å². The molecule has 0 radical (unpaired) electrons. The maximum Gasteiger partial charge on any atom is 0.168 e. The summed E-state index contributed by atoms with van der Waals surface area (Å²) in [7, 11) is 0. The van der Waals surface area contributed by atoms with Gasteiger partial charge in [0.2, 0.25) is 0 Å². The summed E-state index contributed by atoms with van der Waals surface area (Å²) >= 11 is 0. The van der Waals surface area contributed by atoms with E-state index in [1.54, 1.807) is 12.7 Å². The van der Waals surface area contributed by atoms with E-state index in [-0.39, 0.29) is 12.1 Å². The molecule has 0 aliphatic carbocycles. The van der Waals surface area contributed by atoms with Gasteiger partial charge in [0.1, 0.15) is 12.2 Å². The minimum absolute atomic E-state index is 0.133. The summed E-state index contributed by atoms with van der Waals surface area (Å²) < 4.78 is 5.44. The molecule has 2 heterocycles. The van der Waals surface area contributed by atoms with Gasteiger partial charge in [0, 0.05) is 13.2 Å². The number of fused-ring (bicyclic) bond motifs is 1. The first-order valence-corrected chi connectivity index (χ1v) is 5.81. The van der Waals surface area contributed by atoms with E-state index in [4.69, 9.17) is 4.74 Å². The fourth-order valence-corrected chi connectivity index (χ4v) is 1.55. The fraction of sp³-hybridized carbons (Fsp3) is 0.636. The Morgan fingerprint density at radius 1 is 1.53 bits per heavy atom. The van der Waals surface area contributed by atoms with Crippen molar-refractivity contribution in [2.75, 3.05) is 13.2 Å². The highest BCUT2D eigenvalue weighted by Gasteiger charge is 2.25. The van der Waals surface area contributed by atoms with Crippen molar-refractivity contribution in [1.29, 1.82) is 0 Å². The normalized spacial score (nSPS) is 24.1. The Balaban J connectivity index is 1.81. The molecular weight excluding hydrogens is 218 g/mol. The zero-order valence-electron chi connectivity index (χ0n) is 10.1. The molecule has 1 atom stereocenters. The topological polar surface area (TPSA) is 70.7 Å². The second-order valence-electron chi connectivity index (χ2n) is 4.10. The monoisotopic (exact) mass is 235 g/mol. The number of nitrogens with zero attached hydrogens (tertiary/aromatic N) is 4. The molecular formula is C11H17N5O. The lowest BCUT2D eigenvalue weighted by atomic mass is 10.2. The van der Waals surface area contributed by atoms with E-state index in [0.29, 0.717) is 6.54 Å². The van der Waals surface area contributed by atoms with Crippen molar-refractivity contribution < 1.29 is 4.74 Å². The molecule has 1 N–H and O–H groups in total. The second kappa shape index (κ2) is 5.67. The van der Waals surface area contributed by atoms with E-state index < -0.39 is 0 Å². The van der Waals surface area contributed by atoms with Crippen molar-refractivity contribution in [1.82, 2.24) is 5.32 Å². The van der Waals surface area contributed by atoms with Gasteiger partial charge in [0.25, 0.3) is 0 Å². The minimum atomic E-state index is -0.133. The lowest BCUT2D eigenvalue weighted by Crippen LogP contribution is -2.40. The highest BCUT2D eigenvalue weighted by Crippen LogP contribution is 2.07. The second-order valence-corrected chi connectivity index (χ2v) is 4.10. The lowest BCUT2D eigenvalue weighted by molar-refractivity contribution is 0.0783. The van der Waals surface area contributed by atoms with Crippen LogP contribution in [0.5, 0.6) is 0 Å². The molecule has 0 aromatic heterocycles. The fourth-order valence-electron chi connectivity index (χ4n) is 1.55. The Morgan fingerprint density at radius 2 is 2.41 bits per heavy atom. The van der Waals surface area contributed by atoms with Crippen molar-refractivity contribution in [2.24, 2.45) is 20.0 Å². The molecule has 2 aliphatic rings. The van der Waals surface area contributed by atoms with Gasteiger partial charge in [0.15, 0.2) is 11.9 Å². The number of rotatable bonds is 5. The molecule has 17 heavy (non-hydrogen) atoms. The van der Waals surface area contributed by atoms with Crippen LogP contribution in [-0.4, -0.2) is 49.6 Å². The Morgan fingerprint density at radius 3 is 3.24 bits per heavy atom. The van der Waals surface area contributed by atoms with E-state index in [0.717, 1.165) is 24.7 Å². The molecule has 0 bridgehead atoms. The van der Waals surface area contributed by atoms with Crippen LogP contribution in [0.25, 0.3) is 0 Å². The van der Waals surface area contributed by atoms with Crippen LogP contribution < -0.4 is 5.32 Å². The van der Waals surface area contributed by atoms with Gasteiger partial charge in [-0.1, -0.05) is 0 Å². The number of hydrogen-bond donors (Lipinski definition) is 1. The van der Waals surface area contributed by atoms with Crippen molar-refractivity contribution >= 4 is 24.3 Å². The molecule has 6 heteroatoms. The van der Waals surface area contributed by atoms with Crippen LogP contribution in [0, 0.1) is 0 Å². The summed E-state index contributed by atoms with van der Waals surface area (Å²) in [6, 6.07) is -0.133. The zero-order chi connectivity index (χ0) is 12.1. The first kappa shape index (κ1) is 11.9. The molecule has 6 nitrogen and oxygen atoms in total. The van der Waals surface area contributed by atoms with Crippen molar-refractivity contribution in [3.8, 4) is 0 Å². The molecule has 0 aromatic carbocycles. The van der Waals surface area contributed by atoms with Crippen molar-refractivity contribution in [3.63, 3.8) is 0 Å². The lowest BCUT2D eigenvalue weighted by Gasteiger charge is -2.14. The maximum absolute atomic E-state index is 5.44. The van der Waals surface area contributed by atoms with Gasteiger partial charge in [-0.3, -0.25) is 9.98 Å². The predicted molar refractivity (Wildman–Crippen MR) is 69.3 cm³/mol. The van der Waals surface area contributed by atoms with Crippen LogP contribution in [0.4, 0.5) is 0 Å². The third kappa shape index (κ3) is 3.20. The molecule has 0 amide bonds. The van der Waals surface area contributed by atoms with E-state index in [1.165, 1.54) is 0 Å². The Kier molecular flexibility index (Phi) is 3.98. The number of nitrogens with one attached hydrogen (secondary N) is 1. The molecule has 0 fully saturated rings. The highest BCUT2D eigenvalue weighted by atomic mass is 16.5. The molecule has 2 rings (SSSR count). The third-order valence-corrected chi connectivity index (χ3v) is 2.35. The van der Waals surface area contributed by atoms with Gasteiger partial charge in [0.05, 0.1) is 12.4 Å². The van der Waals surface area contributed by atoms with E-state index >= 15 is 0 Å². The molecule has 0 aromatic rings. The predicted octanol–water partition coefficient (Wildman–Crippen LogP) is 0.641. The van der Waals surface area contributed by atoms with E-state index in [9.17, 15) is 0 Å². The number of ether oxygens (including phenoxy) is 1. The average molecular weight is 235 g/mol. The van der Waals surface area contributed by atoms with Gasteiger partial charge in [-0.2, -0.15) is 0 Å². The highest BCUT2D eigenvalue weighted by molar-refractivity contribution is 6.21. The van der Waals surface area contributed by atoms with Crippen LogP contribution in [0.15, 0.2) is 20.0 Å². The number of hydrogen-bond acceptors (Lipinski definition) is 5. The maximum atomic E-state index is 5.44. The summed E-state index contributed by atoms with van der Waals surface area (Å²) in [5, 5.41) is 2.96. The molecule has 0 saturated carbocycles. The van der Waals surface area contributed by atoms with Gasteiger partial charge < -0.3 is 10.1 Å². The van der Waals surface area contributed by atoms with Crippen LogP contribution in [0.3, 0.4) is 0 Å². The minimum Gasteiger partial charge on any atom is -0.379 e. The van der Waals surface area contributed by atoms with E-state index in [2.05, 4.69) is 25.3 Å². The molecule has 0 saturated heterocycles. The van der Waals surface area contributed by atoms with Crippen LogP contribution in [0.2, 0.25) is 0 Å². The third-order valence-electron chi connectivity index (χ3n) is 2.35. The quantitative estimate of drug-likeness (QED) is 0.710. The molecule has 1 unspecified atom stereocenters. The van der Waals surface area contributed by atoms with E-state index in [1.807, 2.05) is 13.8 Å². The molecule has 92 valence electrons.